The summed E-state index contributed by atoms with van der Waals surface area (Å²) in [4.78, 5) is 0. The molecule has 1 fully saturated rings. The lowest BCUT2D eigenvalue weighted by atomic mass is 9.89. The van der Waals surface area contributed by atoms with E-state index in [1.54, 1.807) is 0 Å². The van der Waals surface area contributed by atoms with Gasteiger partial charge in [0.05, 0.1) is 8.80 Å². The molecule has 1 aliphatic rings. The molecule has 0 aliphatic heterocycles. The van der Waals surface area contributed by atoms with Crippen molar-refractivity contribution >= 4 is 8.80 Å². The van der Waals surface area contributed by atoms with Crippen molar-refractivity contribution in [2.75, 3.05) is 0 Å². The van der Waals surface area contributed by atoms with Crippen LogP contribution in [0, 0.1) is 12.3 Å². The first-order valence-electron chi connectivity index (χ1n) is 4.69. The van der Waals surface area contributed by atoms with Gasteiger partial charge in [0, 0.05) is 5.04 Å². The van der Waals surface area contributed by atoms with Crippen molar-refractivity contribution in [2.45, 2.75) is 50.2 Å². The lowest BCUT2D eigenvalue weighted by molar-refractivity contribution is 0.438. The minimum atomic E-state index is -0.624. The molecular weight excluding hydrogens is 148 g/mol. The Kier molecular flexibility index (Phi) is 2.78. The van der Waals surface area contributed by atoms with Crippen molar-refractivity contribution in [2.24, 2.45) is 0 Å². The molecule has 0 bridgehead atoms. The van der Waals surface area contributed by atoms with Crippen LogP contribution in [0.1, 0.15) is 32.1 Å². The Balaban J connectivity index is 2.67. The zero-order valence-electron chi connectivity index (χ0n) is 7.69. The molecule has 1 heteroatoms. The van der Waals surface area contributed by atoms with Crippen LogP contribution in [0.4, 0.5) is 0 Å². The topological polar surface area (TPSA) is 0 Å². The van der Waals surface area contributed by atoms with Gasteiger partial charge >= 0.3 is 0 Å². The summed E-state index contributed by atoms with van der Waals surface area (Å²) in [5.41, 5.74) is 0. The Bertz CT molecular complexity index is 158. The lowest BCUT2D eigenvalue weighted by Crippen LogP contribution is -2.28. The second-order valence-electron chi connectivity index (χ2n) is 4.02. The Morgan fingerprint density at radius 3 is 2.00 bits per heavy atom. The van der Waals surface area contributed by atoms with E-state index in [-0.39, 0.29) is 0 Å². The zero-order chi connectivity index (χ0) is 8.32. The zero-order valence-corrected chi connectivity index (χ0v) is 8.84. The van der Waals surface area contributed by atoms with Crippen LogP contribution >= 0.6 is 0 Å². The smallest absolute Gasteiger partial charge is 0.0522 e. The van der Waals surface area contributed by atoms with Gasteiger partial charge in [0.15, 0.2) is 0 Å². The molecule has 0 radical (unpaired) electrons. The SMILES string of the molecule is C#CC1([SiH](C)C)CCCCC1. The molecule has 1 aliphatic carbocycles. The van der Waals surface area contributed by atoms with Gasteiger partial charge in [-0.05, 0) is 12.8 Å². The lowest BCUT2D eigenvalue weighted by Gasteiger charge is -2.35. The fraction of sp³-hybridized carbons (Fsp3) is 0.800. The van der Waals surface area contributed by atoms with Crippen LogP contribution in [-0.2, 0) is 0 Å². The molecule has 1 saturated carbocycles. The second-order valence-corrected chi connectivity index (χ2v) is 7.43. The third kappa shape index (κ3) is 1.68. The second kappa shape index (κ2) is 3.45. The molecule has 0 unspecified atom stereocenters. The summed E-state index contributed by atoms with van der Waals surface area (Å²) in [6, 6.07) is 0. The van der Waals surface area contributed by atoms with Crippen molar-refractivity contribution in [3.63, 3.8) is 0 Å². The van der Waals surface area contributed by atoms with Gasteiger partial charge in [0.2, 0.25) is 0 Å². The third-order valence-corrected chi connectivity index (χ3v) is 6.09. The van der Waals surface area contributed by atoms with Gasteiger partial charge < -0.3 is 0 Å². The van der Waals surface area contributed by atoms with E-state index in [4.69, 9.17) is 6.42 Å². The highest BCUT2D eigenvalue weighted by Crippen LogP contribution is 2.44. The third-order valence-electron chi connectivity index (χ3n) is 3.14. The van der Waals surface area contributed by atoms with Gasteiger partial charge in [0.1, 0.15) is 0 Å². The van der Waals surface area contributed by atoms with E-state index in [0.717, 1.165) is 0 Å². The average molecular weight is 166 g/mol. The van der Waals surface area contributed by atoms with E-state index in [0.29, 0.717) is 5.04 Å². The van der Waals surface area contributed by atoms with Crippen molar-refractivity contribution in [1.82, 2.24) is 0 Å². The first-order valence-corrected chi connectivity index (χ1v) is 7.58. The van der Waals surface area contributed by atoms with Crippen LogP contribution in [0.5, 0.6) is 0 Å². The summed E-state index contributed by atoms with van der Waals surface area (Å²) < 4.78 is 0. The van der Waals surface area contributed by atoms with Crippen LogP contribution < -0.4 is 0 Å². The fourth-order valence-electron chi connectivity index (χ4n) is 2.07. The normalized spacial score (nSPS) is 23.1. The molecule has 1 rings (SSSR count). The van der Waals surface area contributed by atoms with Gasteiger partial charge in [-0.1, -0.05) is 32.4 Å². The summed E-state index contributed by atoms with van der Waals surface area (Å²) in [7, 11) is -0.624. The molecule has 62 valence electrons. The van der Waals surface area contributed by atoms with E-state index in [1.807, 2.05) is 0 Å². The van der Waals surface area contributed by atoms with Crippen LogP contribution in [0.15, 0.2) is 0 Å². The monoisotopic (exact) mass is 166 g/mol. The quantitative estimate of drug-likeness (QED) is 0.415. The van der Waals surface area contributed by atoms with Crippen molar-refractivity contribution in [1.29, 1.82) is 0 Å². The summed E-state index contributed by atoms with van der Waals surface area (Å²) in [6.45, 7) is 4.79. The Labute approximate surface area is 72.0 Å². The summed E-state index contributed by atoms with van der Waals surface area (Å²) in [5, 5.41) is 0.387. The predicted molar refractivity (Wildman–Crippen MR) is 53.5 cm³/mol. The maximum atomic E-state index is 5.62. The van der Waals surface area contributed by atoms with Crippen molar-refractivity contribution in [3.8, 4) is 12.3 Å². The molecule has 0 amide bonds. The first kappa shape index (κ1) is 8.87. The van der Waals surface area contributed by atoms with Crippen LogP contribution in [0.25, 0.3) is 0 Å². The maximum Gasteiger partial charge on any atom is 0.0522 e. The van der Waals surface area contributed by atoms with Crippen molar-refractivity contribution in [3.05, 3.63) is 0 Å². The van der Waals surface area contributed by atoms with E-state index in [9.17, 15) is 0 Å². The predicted octanol–water partition coefficient (Wildman–Crippen LogP) is 2.81. The minimum Gasteiger partial charge on any atom is -0.120 e. The Morgan fingerprint density at radius 2 is 1.73 bits per heavy atom. The Morgan fingerprint density at radius 1 is 1.18 bits per heavy atom. The molecule has 0 aromatic carbocycles. The summed E-state index contributed by atoms with van der Waals surface area (Å²) >= 11 is 0. The van der Waals surface area contributed by atoms with Gasteiger partial charge in [-0.25, -0.2) is 0 Å². The number of hydrogen-bond acceptors (Lipinski definition) is 0. The van der Waals surface area contributed by atoms with Gasteiger partial charge in [-0.2, -0.15) is 0 Å². The van der Waals surface area contributed by atoms with E-state index in [2.05, 4.69) is 19.0 Å². The number of terminal acetylenes is 1. The highest BCUT2D eigenvalue weighted by Gasteiger charge is 2.33. The number of hydrogen-bond donors (Lipinski definition) is 0. The molecule has 0 spiro atoms. The molecule has 0 heterocycles. The van der Waals surface area contributed by atoms with E-state index >= 15 is 0 Å². The number of rotatable bonds is 1. The van der Waals surface area contributed by atoms with Gasteiger partial charge in [-0.3, -0.25) is 0 Å². The highest BCUT2D eigenvalue weighted by atomic mass is 28.3. The molecule has 0 saturated heterocycles. The summed E-state index contributed by atoms with van der Waals surface area (Å²) in [5.74, 6) is 3.08. The molecule has 0 atom stereocenters. The standard InChI is InChI=1S/C10H18Si/c1-4-10(11(2)3)8-6-5-7-9-10/h1,11H,5-9H2,2-3H3. The summed E-state index contributed by atoms with van der Waals surface area (Å²) in [6.07, 6.45) is 12.4. The van der Waals surface area contributed by atoms with Crippen LogP contribution in [-0.4, -0.2) is 8.80 Å². The molecule has 0 aromatic rings. The first-order chi connectivity index (χ1) is 5.21. The molecule has 11 heavy (non-hydrogen) atoms. The molecular formula is C10H18Si. The average Bonchev–Trinajstić information content (AvgIpc) is 2.05. The minimum absolute atomic E-state index is 0.387. The van der Waals surface area contributed by atoms with Gasteiger partial charge in [-0.15, -0.1) is 12.3 Å². The molecule has 0 N–H and O–H groups in total. The Hall–Kier alpha value is -0.223. The largest absolute Gasteiger partial charge is 0.120 e. The highest BCUT2D eigenvalue weighted by molar-refractivity contribution is 6.60. The van der Waals surface area contributed by atoms with E-state index < -0.39 is 8.80 Å². The molecule has 0 nitrogen and oxygen atoms in total. The van der Waals surface area contributed by atoms with Gasteiger partial charge in [0.25, 0.3) is 0 Å². The van der Waals surface area contributed by atoms with E-state index in [1.165, 1.54) is 32.1 Å². The fourth-order valence-corrected chi connectivity index (χ4v) is 3.97. The van der Waals surface area contributed by atoms with Crippen LogP contribution in [0.2, 0.25) is 18.1 Å². The van der Waals surface area contributed by atoms with Crippen molar-refractivity contribution < 1.29 is 0 Å². The van der Waals surface area contributed by atoms with Crippen LogP contribution in [0.3, 0.4) is 0 Å². The molecule has 0 aromatic heterocycles. The maximum absolute atomic E-state index is 5.62.